The van der Waals surface area contributed by atoms with Crippen LogP contribution in [0.3, 0.4) is 0 Å². The van der Waals surface area contributed by atoms with Gasteiger partial charge in [-0.3, -0.25) is 4.79 Å². The molecule has 0 radical (unpaired) electrons. The van der Waals surface area contributed by atoms with E-state index in [-0.39, 0.29) is 17.7 Å². The van der Waals surface area contributed by atoms with E-state index < -0.39 is 5.82 Å². The van der Waals surface area contributed by atoms with Crippen molar-refractivity contribution in [1.82, 2.24) is 0 Å². The van der Waals surface area contributed by atoms with E-state index in [1.165, 1.54) is 6.07 Å². The summed E-state index contributed by atoms with van der Waals surface area (Å²) >= 11 is 0. The smallest absolute Gasteiger partial charge is 0.224 e. The van der Waals surface area contributed by atoms with E-state index in [2.05, 4.69) is 5.32 Å². The molecule has 1 saturated heterocycles. The van der Waals surface area contributed by atoms with Crippen molar-refractivity contribution in [2.75, 3.05) is 18.5 Å². The van der Waals surface area contributed by atoms with Crippen LogP contribution in [0.15, 0.2) is 12.1 Å². The van der Waals surface area contributed by atoms with Crippen molar-refractivity contribution < 1.29 is 18.7 Å². The van der Waals surface area contributed by atoms with Gasteiger partial charge in [-0.2, -0.15) is 0 Å². The van der Waals surface area contributed by atoms with Crippen LogP contribution < -0.4 is 10.1 Å². The maximum atomic E-state index is 13.5. The van der Waals surface area contributed by atoms with Gasteiger partial charge >= 0.3 is 0 Å². The SMILES string of the molecule is O=C1CCc2c(OCC3CO3)ccc(F)c2N1. The first-order chi connectivity index (χ1) is 8.24. The lowest BCUT2D eigenvalue weighted by atomic mass is 10.0. The van der Waals surface area contributed by atoms with Gasteiger partial charge in [-0.15, -0.1) is 0 Å². The molecule has 1 amide bonds. The van der Waals surface area contributed by atoms with Crippen LogP contribution in [0.5, 0.6) is 5.75 Å². The Hall–Kier alpha value is -1.62. The molecule has 90 valence electrons. The Balaban J connectivity index is 1.87. The summed E-state index contributed by atoms with van der Waals surface area (Å²) in [6, 6.07) is 2.92. The fraction of sp³-hybridized carbons (Fsp3) is 0.417. The van der Waals surface area contributed by atoms with Crippen LogP contribution in [-0.2, 0) is 16.0 Å². The maximum Gasteiger partial charge on any atom is 0.224 e. The summed E-state index contributed by atoms with van der Waals surface area (Å²) in [5.74, 6) is 0.0686. The van der Waals surface area contributed by atoms with E-state index in [0.717, 1.165) is 12.2 Å². The third-order valence-electron chi connectivity index (χ3n) is 2.91. The molecule has 1 aromatic carbocycles. The number of rotatable bonds is 3. The molecule has 0 aliphatic carbocycles. The second kappa shape index (κ2) is 4.00. The van der Waals surface area contributed by atoms with E-state index in [1.807, 2.05) is 0 Å². The number of carbonyl (C=O) groups excluding carboxylic acids is 1. The molecule has 1 N–H and O–H groups in total. The summed E-state index contributed by atoms with van der Waals surface area (Å²) in [4.78, 5) is 11.2. The molecule has 0 saturated carbocycles. The number of anilines is 1. The highest BCUT2D eigenvalue weighted by molar-refractivity contribution is 5.94. The van der Waals surface area contributed by atoms with Crippen molar-refractivity contribution in [1.29, 1.82) is 0 Å². The molecule has 2 heterocycles. The molecule has 1 aromatic rings. The molecule has 0 bridgehead atoms. The van der Waals surface area contributed by atoms with Crippen LogP contribution >= 0.6 is 0 Å². The Morgan fingerprint density at radius 2 is 2.29 bits per heavy atom. The number of halogens is 1. The Morgan fingerprint density at radius 3 is 3.06 bits per heavy atom. The van der Waals surface area contributed by atoms with Crippen molar-refractivity contribution in [2.45, 2.75) is 18.9 Å². The highest BCUT2D eigenvalue weighted by atomic mass is 19.1. The number of amides is 1. The number of hydrogen-bond donors (Lipinski definition) is 1. The zero-order valence-corrected chi connectivity index (χ0v) is 9.16. The lowest BCUT2D eigenvalue weighted by Crippen LogP contribution is -2.21. The summed E-state index contributed by atoms with van der Waals surface area (Å²) in [7, 11) is 0. The van der Waals surface area contributed by atoms with E-state index in [9.17, 15) is 9.18 Å². The van der Waals surface area contributed by atoms with Crippen molar-refractivity contribution in [3.8, 4) is 5.75 Å². The highest BCUT2D eigenvalue weighted by Gasteiger charge is 2.26. The van der Waals surface area contributed by atoms with E-state index >= 15 is 0 Å². The Labute approximate surface area is 97.7 Å². The van der Waals surface area contributed by atoms with Gasteiger partial charge < -0.3 is 14.8 Å². The molecule has 3 rings (SSSR count). The normalized spacial score (nSPS) is 21.7. The van der Waals surface area contributed by atoms with Crippen molar-refractivity contribution in [2.24, 2.45) is 0 Å². The molecule has 2 aliphatic heterocycles. The van der Waals surface area contributed by atoms with Crippen LogP contribution in [0.1, 0.15) is 12.0 Å². The van der Waals surface area contributed by atoms with Gasteiger partial charge in [0.15, 0.2) is 0 Å². The third kappa shape index (κ3) is 2.10. The van der Waals surface area contributed by atoms with Gasteiger partial charge in [-0.25, -0.2) is 4.39 Å². The van der Waals surface area contributed by atoms with Crippen molar-refractivity contribution >= 4 is 11.6 Å². The minimum Gasteiger partial charge on any atom is -0.490 e. The van der Waals surface area contributed by atoms with Crippen LogP contribution in [0.2, 0.25) is 0 Å². The molecule has 5 heteroatoms. The summed E-state index contributed by atoms with van der Waals surface area (Å²) in [5.41, 5.74) is 1.00. The summed E-state index contributed by atoms with van der Waals surface area (Å²) in [5, 5.41) is 2.55. The maximum absolute atomic E-state index is 13.5. The van der Waals surface area contributed by atoms with Gasteiger partial charge in [0.25, 0.3) is 0 Å². The molecule has 2 aliphatic rings. The average molecular weight is 237 g/mol. The minimum absolute atomic E-state index is 0.154. The van der Waals surface area contributed by atoms with E-state index in [4.69, 9.17) is 9.47 Å². The number of hydrogen-bond acceptors (Lipinski definition) is 3. The lowest BCUT2D eigenvalue weighted by molar-refractivity contribution is -0.116. The second-order valence-corrected chi connectivity index (χ2v) is 4.21. The molecule has 1 fully saturated rings. The Kier molecular flexibility index (Phi) is 2.48. The van der Waals surface area contributed by atoms with Gasteiger partial charge in [0, 0.05) is 12.0 Å². The fourth-order valence-electron chi connectivity index (χ4n) is 1.91. The third-order valence-corrected chi connectivity index (χ3v) is 2.91. The summed E-state index contributed by atoms with van der Waals surface area (Å²) < 4.78 is 24.2. The van der Waals surface area contributed by atoms with Gasteiger partial charge in [-0.05, 0) is 18.6 Å². The monoisotopic (exact) mass is 237 g/mol. The Morgan fingerprint density at radius 1 is 1.47 bits per heavy atom. The molecule has 17 heavy (non-hydrogen) atoms. The number of nitrogens with one attached hydrogen (secondary N) is 1. The van der Waals surface area contributed by atoms with Crippen LogP contribution in [0.4, 0.5) is 10.1 Å². The molecule has 0 spiro atoms. The number of fused-ring (bicyclic) bond motifs is 1. The molecular formula is C12H12FNO3. The number of epoxide rings is 1. The Bertz CT molecular complexity index is 471. The van der Waals surface area contributed by atoms with E-state index in [0.29, 0.717) is 25.2 Å². The molecule has 0 aromatic heterocycles. The largest absolute Gasteiger partial charge is 0.490 e. The predicted molar refractivity (Wildman–Crippen MR) is 58.6 cm³/mol. The van der Waals surface area contributed by atoms with Crippen molar-refractivity contribution in [3.05, 3.63) is 23.5 Å². The summed E-state index contributed by atoms with van der Waals surface area (Å²) in [6.45, 7) is 1.20. The van der Waals surface area contributed by atoms with Gasteiger partial charge in [0.2, 0.25) is 5.91 Å². The van der Waals surface area contributed by atoms with Crippen LogP contribution in [0, 0.1) is 5.82 Å². The van der Waals surface area contributed by atoms with Gasteiger partial charge in [-0.1, -0.05) is 0 Å². The number of ether oxygens (including phenoxy) is 2. The quantitative estimate of drug-likeness (QED) is 0.810. The topological polar surface area (TPSA) is 50.9 Å². The van der Waals surface area contributed by atoms with E-state index in [1.54, 1.807) is 6.07 Å². The predicted octanol–water partition coefficient (Wildman–Crippen LogP) is 1.49. The minimum atomic E-state index is -0.414. The second-order valence-electron chi connectivity index (χ2n) is 4.21. The summed E-state index contributed by atoms with van der Waals surface area (Å²) in [6.07, 6.45) is 1.04. The first-order valence-corrected chi connectivity index (χ1v) is 5.59. The average Bonchev–Trinajstić information content (AvgIpc) is 3.13. The number of benzene rings is 1. The van der Waals surface area contributed by atoms with Crippen LogP contribution in [0.25, 0.3) is 0 Å². The molecule has 1 atom stereocenters. The first-order valence-electron chi connectivity index (χ1n) is 5.59. The zero-order valence-electron chi connectivity index (χ0n) is 9.16. The first kappa shape index (κ1) is 10.5. The van der Waals surface area contributed by atoms with Crippen LogP contribution in [-0.4, -0.2) is 25.2 Å². The highest BCUT2D eigenvalue weighted by Crippen LogP contribution is 2.33. The number of carbonyl (C=O) groups is 1. The van der Waals surface area contributed by atoms with Crippen molar-refractivity contribution in [3.63, 3.8) is 0 Å². The lowest BCUT2D eigenvalue weighted by Gasteiger charge is -2.20. The standard InChI is InChI=1S/C12H12FNO3/c13-9-2-3-10(17-6-7-5-16-7)8-1-4-11(15)14-12(8)9/h2-3,7H,1,4-6H2,(H,14,15). The molecule has 1 unspecified atom stereocenters. The fourth-order valence-corrected chi connectivity index (χ4v) is 1.91. The molecule has 4 nitrogen and oxygen atoms in total. The zero-order chi connectivity index (χ0) is 11.8. The molecular weight excluding hydrogens is 225 g/mol. The van der Waals surface area contributed by atoms with Gasteiger partial charge in [0.1, 0.15) is 24.3 Å². The van der Waals surface area contributed by atoms with Gasteiger partial charge in [0.05, 0.1) is 12.3 Å².